The van der Waals surface area contributed by atoms with E-state index < -0.39 is 0 Å². The van der Waals surface area contributed by atoms with Crippen molar-refractivity contribution >= 4 is 5.69 Å². The minimum atomic E-state index is 0.774. The van der Waals surface area contributed by atoms with Crippen LogP contribution in [0, 0.1) is 0 Å². The molecule has 2 aliphatic rings. The van der Waals surface area contributed by atoms with Crippen LogP contribution >= 0.6 is 0 Å². The third kappa shape index (κ3) is 3.69. The summed E-state index contributed by atoms with van der Waals surface area (Å²) in [7, 11) is 2.30. The van der Waals surface area contributed by atoms with Crippen molar-refractivity contribution in [3.05, 3.63) is 24.3 Å². The number of likely N-dealkylation sites (N-methyl/N-ethyl adjacent to an activating group) is 1. The Kier molecular flexibility index (Phi) is 4.66. The lowest BCUT2D eigenvalue weighted by molar-refractivity contribution is 0.204. The number of anilines is 1. The van der Waals surface area contributed by atoms with Gasteiger partial charge in [0.05, 0.1) is 6.61 Å². The highest BCUT2D eigenvalue weighted by Gasteiger charge is 2.34. The molecule has 0 radical (unpaired) electrons. The number of ether oxygens (including phenoxy) is 1. The summed E-state index contributed by atoms with van der Waals surface area (Å²) in [6.07, 6.45) is 5.19. The van der Waals surface area contributed by atoms with Gasteiger partial charge in [0.2, 0.25) is 0 Å². The summed E-state index contributed by atoms with van der Waals surface area (Å²) in [6, 6.07) is 9.25. The van der Waals surface area contributed by atoms with E-state index in [0.717, 1.165) is 43.1 Å². The summed E-state index contributed by atoms with van der Waals surface area (Å²) in [4.78, 5) is 5.22. The molecule has 2 heterocycles. The van der Waals surface area contributed by atoms with Gasteiger partial charge in [-0.25, -0.2) is 0 Å². The number of hydrogen-bond donors (Lipinski definition) is 1. The minimum absolute atomic E-state index is 0.774. The van der Waals surface area contributed by atoms with Gasteiger partial charge in [0.25, 0.3) is 0 Å². The third-order valence-electron chi connectivity index (χ3n) is 5.00. The number of hydrogen-bond acceptors (Lipinski definition) is 4. The average molecular weight is 289 g/mol. The van der Waals surface area contributed by atoms with Crippen LogP contribution < -0.4 is 10.5 Å². The fraction of sp³-hybridized carbons (Fsp3) is 0.647. The summed E-state index contributed by atoms with van der Waals surface area (Å²) in [6.45, 7) is 4.40. The molecule has 2 saturated heterocycles. The molecule has 2 unspecified atom stereocenters. The Morgan fingerprint density at radius 2 is 1.90 bits per heavy atom. The van der Waals surface area contributed by atoms with E-state index in [1.807, 2.05) is 24.3 Å². The van der Waals surface area contributed by atoms with Crippen molar-refractivity contribution in [3.63, 3.8) is 0 Å². The zero-order valence-electron chi connectivity index (χ0n) is 13.0. The topological polar surface area (TPSA) is 41.7 Å². The van der Waals surface area contributed by atoms with E-state index in [-0.39, 0.29) is 0 Å². The van der Waals surface area contributed by atoms with E-state index in [2.05, 4.69) is 16.8 Å². The fourth-order valence-corrected chi connectivity index (χ4v) is 3.62. The van der Waals surface area contributed by atoms with E-state index >= 15 is 0 Å². The molecule has 2 N–H and O–H groups in total. The SMILES string of the molecule is CN1C2CCC1CN(CCCOc1ccc(N)cc1)CC2. The predicted octanol–water partition coefficient (Wildman–Crippen LogP) is 2.21. The molecule has 2 atom stereocenters. The van der Waals surface area contributed by atoms with Crippen LogP contribution in [-0.4, -0.2) is 55.2 Å². The van der Waals surface area contributed by atoms with Crippen LogP contribution in [0.1, 0.15) is 25.7 Å². The Balaban J connectivity index is 1.38. The summed E-state index contributed by atoms with van der Waals surface area (Å²) >= 11 is 0. The Labute approximate surface area is 127 Å². The first-order chi connectivity index (χ1) is 10.2. The van der Waals surface area contributed by atoms with Crippen LogP contribution in [0.2, 0.25) is 0 Å². The molecule has 116 valence electrons. The van der Waals surface area contributed by atoms with Gasteiger partial charge in [-0.05, 0) is 63.5 Å². The smallest absolute Gasteiger partial charge is 0.119 e. The second-order valence-corrected chi connectivity index (χ2v) is 6.41. The zero-order valence-corrected chi connectivity index (χ0v) is 13.0. The Hall–Kier alpha value is -1.26. The number of nitrogen functional groups attached to an aromatic ring is 1. The van der Waals surface area contributed by atoms with E-state index in [1.54, 1.807) is 0 Å². The first-order valence-corrected chi connectivity index (χ1v) is 8.15. The number of likely N-dealkylation sites (tertiary alicyclic amines) is 1. The van der Waals surface area contributed by atoms with Crippen LogP contribution in [0.3, 0.4) is 0 Å². The quantitative estimate of drug-likeness (QED) is 0.666. The number of fused-ring (bicyclic) bond motifs is 2. The summed E-state index contributed by atoms with van der Waals surface area (Å²) in [5.41, 5.74) is 6.45. The Bertz CT molecular complexity index is 448. The zero-order chi connectivity index (χ0) is 14.7. The maximum absolute atomic E-state index is 5.77. The first kappa shape index (κ1) is 14.7. The van der Waals surface area contributed by atoms with Gasteiger partial charge in [-0.1, -0.05) is 0 Å². The van der Waals surface area contributed by atoms with Gasteiger partial charge in [0, 0.05) is 30.9 Å². The molecule has 21 heavy (non-hydrogen) atoms. The van der Waals surface area contributed by atoms with Gasteiger partial charge < -0.3 is 15.4 Å². The second-order valence-electron chi connectivity index (χ2n) is 6.41. The van der Waals surface area contributed by atoms with Crippen molar-refractivity contribution < 1.29 is 4.74 Å². The fourth-order valence-electron chi connectivity index (χ4n) is 3.62. The lowest BCUT2D eigenvalue weighted by Crippen LogP contribution is -2.37. The molecule has 0 aromatic heterocycles. The Morgan fingerprint density at radius 3 is 2.71 bits per heavy atom. The number of benzene rings is 1. The van der Waals surface area contributed by atoms with E-state index in [1.165, 1.54) is 32.4 Å². The summed E-state index contributed by atoms with van der Waals surface area (Å²) < 4.78 is 5.77. The lowest BCUT2D eigenvalue weighted by Gasteiger charge is -2.25. The average Bonchev–Trinajstić information content (AvgIpc) is 2.72. The minimum Gasteiger partial charge on any atom is -0.494 e. The molecule has 1 aromatic rings. The maximum atomic E-state index is 5.77. The first-order valence-electron chi connectivity index (χ1n) is 8.15. The molecule has 0 aliphatic carbocycles. The van der Waals surface area contributed by atoms with Gasteiger partial charge in [0.15, 0.2) is 0 Å². The van der Waals surface area contributed by atoms with Crippen molar-refractivity contribution in [1.82, 2.24) is 9.80 Å². The van der Waals surface area contributed by atoms with Gasteiger partial charge >= 0.3 is 0 Å². The molecule has 4 heteroatoms. The lowest BCUT2D eigenvalue weighted by atomic mass is 10.1. The molecular formula is C17H27N3O. The largest absolute Gasteiger partial charge is 0.494 e. The van der Waals surface area contributed by atoms with Crippen molar-refractivity contribution in [3.8, 4) is 5.75 Å². The van der Waals surface area contributed by atoms with Crippen LogP contribution in [0.15, 0.2) is 24.3 Å². The number of rotatable bonds is 5. The van der Waals surface area contributed by atoms with Crippen molar-refractivity contribution in [2.24, 2.45) is 0 Å². The standard InChI is InChI=1S/C17H27N3O/c1-19-15-5-6-16(19)13-20(11-9-15)10-2-12-21-17-7-3-14(18)4-8-17/h3-4,7-8,15-16H,2,5-6,9-13,18H2,1H3. The molecule has 0 spiro atoms. The van der Waals surface area contributed by atoms with Crippen LogP contribution in [0.4, 0.5) is 5.69 Å². The highest BCUT2D eigenvalue weighted by molar-refractivity contribution is 5.41. The molecule has 0 saturated carbocycles. The highest BCUT2D eigenvalue weighted by atomic mass is 16.5. The number of nitrogens with zero attached hydrogens (tertiary/aromatic N) is 2. The summed E-state index contributed by atoms with van der Waals surface area (Å²) in [5.74, 6) is 0.916. The molecule has 3 rings (SSSR count). The van der Waals surface area contributed by atoms with E-state index in [4.69, 9.17) is 10.5 Å². The normalized spacial score (nSPS) is 26.7. The summed E-state index contributed by atoms with van der Waals surface area (Å²) in [5, 5.41) is 0. The molecule has 0 amide bonds. The van der Waals surface area contributed by atoms with Gasteiger partial charge in [-0.2, -0.15) is 0 Å². The van der Waals surface area contributed by atoms with E-state index in [9.17, 15) is 0 Å². The van der Waals surface area contributed by atoms with Crippen molar-refractivity contribution in [1.29, 1.82) is 0 Å². The predicted molar refractivity (Wildman–Crippen MR) is 86.6 cm³/mol. The monoisotopic (exact) mass is 289 g/mol. The van der Waals surface area contributed by atoms with Crippen LogP contribution in [-0.2, 0) is 0 Å². The molecule has 1 aromatic carbocycles. The third-order valence-corrected chi connectivity index (χ3v) is 5.00. The van der Waals surface area contributed by atoms with Crippen LogP contribution in [0.25, 0.3) is 0 Å². The van der Waals surface area contributed by atoms with Crippen molar-refractivity contribution in [2.75, 3.05) is 39.0 Å². The van der Waals surface area contributed by atoms with Gasteiger partial charge in [-0.15, -0.1) is 0 Å². The Morgan fingerprint density at radius 1 is 1.14 bits per heavy atom. The highest BCUT2D eigenvalue weighted by Crippen LogP contribution is 2.28. The van der Waals surface area contributed by atoms with Gasteiger partial charge in [-0.3, -0.25) is 4.90 Å². The second kappa shape index (κ2) is 6.67. The van der Waals surface area contributed by atoms with E-state index in [0.29, 0.717) is 0 Å². The number of nitrogens with two attached hydrogens (primary N) is 1. The molecule has 2 fully saturated rings. The van der Waals surface area contributed by atoms with Crippen molar-refractivity contribution in [2.45, 2.75) is 37.8 Å². The van der Waals surface area contributed by atoms with Crippen LogP contribution in [0.5, 0.6) is 5.75 Å². The molecule has 4 nitrogen and oxygen atoms in total. The molecule has 2 bridgehead atoms. The van der Waals surface area contributed by atoms with Gasteiger partial charge in [0.1, 0.15) is 5.75 Å². The maximum Gasteiger partial charge on any atom is 0.119 e. The molecule has 2 aliphatic heterocycles. The molecular weight excluding hydrogens is 262 g/mol.